The molecule has 18 heavy (non-hydrogen) atoms. The maximum Gasteiger partial charge on any atom is 0.214 e. The second kappa shape index (κ2) is 4.07. The number of hydrogen-bond acceptors (Lipinski definition) is 4. The zero-order valence-electron chi connectivity index (χ0n) is 10.4. The third-order valence-electron chi connectivity index (χ3n) is 3.17. The van der Waals surface area contributed by atoms with Crippen LogP contribution in [0.4, 0.5) is 0 Å². The molecular formula is C13H14ClNO3. The average molecular weight is 268 g/mol. The van der Waals surface area contributed by atoms with E-state index in [1.165, 1.54) is 0 Å². The number of Topliss-reactive ketones (excluding diaryl/α,β-unsaturated/α-hetero) is 1. The van der Waals surface area contributed by atoms with Crippen LogP contribution in [-0.4, -0.2) is 22.3 Å². The van der Waals surface area contributed by atoms with Gasteiger partial charge in [-0.3, -0.25) is 4.79 Å². The highest BCUT2D eigenvalue weighted by Gasteiger charge is 2.55. The minimum absolute atomic E-state index is 0.00909. The van der Waals surface area contributed by atoms with E-state index in [-0.39, 0.29) is 11.5 Å². The number of ketones is 1. The van der Waals surface area contributed by atoms with Gasteiger partial charge in [-0.1, -0.05) is 28.9 Å². The van der Waals surface area contributed by atoms with E-state index >= 15 is 0 Å². The van der Waals surface area contributed by atoms with Crippen LogP contribution in [0.25, 0.3) is 0 Å². The van der Waals surface area contributed by atoms with Gasteiger partial charge >= 0.3 is 0 Å². The van der Waals surface area contributed by atoms with E-state index in [0.29, 0.717) is 5.02 Å². The van der Waals surface area contributed by atoms with Gasteiger partial charge in [0, 0.05) is 5.02 Å². The van der Waals surface area contributed by atoms with E-state index in [9.17, 15) is 4.79 Å². The van der Waals surface area contributed by atoms with Crippen molar-refractivity contribution in [2.24, 2.45) is 5.16 Å². The molecule has 1 aromatic carbocycles. The van der Waals surface area contributed by atoms with E-state index in [2.05, 4.69) is 5.16 Å². The Bertz CT molecular complexity index is 522. The summed E-state index contributed by atoms with van der Waals surface area (Å²) in [7, 11) is 0. The zero-order chi connectivity index (χ0) is 13.6. The number of oxime groups is 1. The van der Waals surface area contributed by atoms with Crippen LogP contribution in [-0.2, 0) is 15.1 Å². The fourth-order valence-electron chi connectivity index (χ4n) is 2.21. The Hall–Kier alpha value is -1.39. The fourth-order valence-corrected chi connectivity index (χ4v) is 2.34. The van der Waals surface area contributed by atoms with E-state index in [0.717, 1.165) is 5.56 Å². The Morgan fingerprint density at radius 3 is 2.28 bits per heavy atom. The van der Waals surface area contributed by atoms with Crippen LogP contribution in [0, 0.1) is 0 Å². The quantitative estimate of drug-likeness (QED) is 0.629. The molecule has 96 valence electrons. The molecule has 1 saturated heterocycles. The summed E-state index contributed by atoms with van der Waals surface area (Å²) in [4.78, 5) is 12.1. The Labute approximate surface area is 110 Å². The maximum atomic E-state index is 12.1. The molecule has 0 saturated carbocycles. The molecule has 1 aliphatic heterocycles. The van der Waals surface area contributed by atoms with Crippen LogP contribution < -0.4 is 0 Å². The molecule has 1 aromatic rings. The SMILES string of the molecule is CC1(C)O[C@](C)(c2ccc(Cl)cc2)/C(=N/O)C1=O. The van der Waals surface area contributed by atoms with Crippen LogP contribution in [0.2, 0.25) is 5.02 Å². The van der Waals surface area contributed by atoms with Gasteiger partial charge in [-0.25, -0.2) is 0 Å². The summed E-state index contributed by atoms with van der Waals surface area (Å²) in [5, 5.41) is 12.8. The van der Waals surface area contributed by atoms with Gasteiger partial charge in [-0.05, 0) is 38.5 Å². The Morgan fingerprint density at radius 1 is 1.22 bits per heavy atom. The molecule has 0 bridgehead atoms. The second-order valence-electron chi connectivity index (χ2n) is 4.93. The molecule has 1 N–H and O–H groups in total. The van der Waals surface area contributed by atoms with Crippen molar-refractivity contribution in [3.05, 3.63) is 34.9 Å². The summed E-state index contributed by atoms with van der Waals surface area (Å²) in [6.07, 6.45) is 0. The summed E-state index contributed by atoms with van der Waals surface area (Å²) < 4.78 is 5.79. The Kier molecular flexibility index (Phi) is 2.95. The van der Waals surface area contributed by atoms with Crippen molar-refractivity contribution in [2.75, 3.05) is 0 Å². The van der Waals surface area contributed by atoms with E-state index in [1.807, 2.05) is 0 Å². The monoisotopic (exact) mass is 267 g/mol. The summed E-state index contributed by atoms with van der Waals surface area (Å²) >= 11 is 5.83. The first-order valence-corrected chi connectivity index (χ1v) is 5.92. The molecule has 1 atom stereocenters. The molecular weight excluding hydrogens is 254 g/mol. The lowest BCUT2D eigenvalue weighted by Gasteiger charge is -2.26. The number of carbonyl (C=O) groups is 1. The molecule has 5 heteroatoms. The number of halogens is 1. The maximum absolute atomic E-state index is 12.1. The molecule has 0 amide bonds. The topological polar surface area (TPSA) is 58.9 Å². The first-order chi connectivity index (χ1) is 8.31. The number of rotatable bonds is 1. The molecule has 0 aliphatic carbocycles. The molecule has 0 radical (unpaired) electrons. The van der Waals surface area contributed by atoms with Crippen molar-refractivity contribution in [3.8, 4) is 0 Å². The summed E-state index contributed by atoms with van der Waals surface area (Å²) in [6, 6.07) is 6.91. The van der Waals surface area contributed by atoms with Crippen LogP contribution >= 0.6 is 11.6 Å². The number of benzene rings is 1. The third kappa shape index (κ3) is 1.82. The van der Waals surface area contributed by atoms with Gasteiger partial charge in [0.15, 0.2) is 5.71 Å². The first kappa shape index (κ1) is 13.1. The Balaban J connectivity index is 2.54. The summed E-state index contributed by atoms with van der Waals surface area (Å²) in [5.41, 5.74) is -1.33. The van der Waals surface area contributed by atoms with Crippen molar-refractivity contribution >= 4 is 23.1 Å². The molecule has 2 rings (SSSR count). The predicted molar refractivity (Wildman–Crippen MR) is 68.2 cm³/mol. The van der Waals surface area contributed by atoms with Gasteiger partial charge in [0.1, 0.15) is 11.2 Å². The molecule has 1 heterocycles. The van der Waals surface area contributed by atoms with Crippen molar-refractivity contribution in [1.82, 2.24) is 0 Å². The number of hydrogen-bond donors (Lipinski definition) is 1. The van der Waals surface area contributed by atoms with Crippen LogP contribution in [0.3, 0.4) is 0 Å². The van der Waals surface area contributed by atoms with Gasteiger partial charge < -0.3 is 9.94 Å². The zero-order valence-corrected chi connectivity index (χ0v) is 11.2. The molecule has 4 nitrogen and oxygen atoms in total. The molecule has 1 aliphatic rings. The van der Waals surface area contributed by atoms with Gasteiger partial charge in [0.25, 0.3) is 0 Å². The van der Waals surface area contributed by atoms with E-state index in [4.69, 9.17) is 21.5 Å². The van der Waals surface area contributed by atoms with Crippen LogP contribution in [0.15, 0.2) is 29.4 Å². The third-order valence-corrected chi connectivity index (χ3v) is 3.42. The highest BCUT2D eigenvalue weighted by Crippen LogP contribution is 2.40. The first-order valence-electron chi connectivity index (χ1n) is 5.55. The highest BCUT2D eigenvalue weighted by molar-refractivity contribution is 6.46. The molecule has 0 spiro atoms. The smallest absolute Gasteiger partial charge is 0.214 e. The normalized spacial score (nSPS) is 28.9. The number of carbonyl (C=O) groups excluding carboxylic acids is 1. The second-order valence-corrected chi connectivity index (χ2v) is 5.37. The highest BCUT2D eigenvalue weighted by atomic mass is 35.5. The van der Waals surface area contributed by atoms with Crippen molar-refractivity contribution < 1.29 is 14.7 Å². The lowest BCUT2D eigenvalue weighted by atomic mass is 9.89. The summed E-state index contributed by atoms with van der Waals surface area (Å²) in [5.74, 6) is -0.317. The van der Waals surface area contributed by atoms with Gasteiger partial charge in [0.05, 0.1) is 0 Å². The van der Waals surface area contributed by atoms with Crippen LogP contribution in [0.1, 0.15) is 26.3 Å². The standard InChI is InChI=1S/C13H14ClNO3/c1-12(2)11(16)10(15-17)13(3,18-12)8-4-6-9(14)7-5-8/h4-7,17H,1-3H3/b15-10+/t13-/m1/s1. The molecule has 1 fully saturated rings. The fraction of sp³-hybridized carbons (Fsp3) is 0.385. The van der Waals surface area contributed by atoms with Gasteiger partial charge in [-0.15, -0.1) is 0 Å². The number of ether oxygens (including phenoxy) is 1. The van der Waals surface area contributed by atoms with Crippen molar-refractivity contribution in [2.45, 2.75) is 32.0 Å². The summed E-state index contributed by atoms with van der Waals surface area (Å²) in [6.45, 7) is 5.02. The van der Waals surface area contributed by atoms with Crippen LogP contribution in [0.5, 0.6) is 0 Å². The Morgan fingerprint density at radius 2 is 1.78 bits per heavy atom. The lowest BCUT2D eigenvalue weighted by Crippen LogP contribution is -2.31. The minimum Gasteiger partial charge on any atom is -0.410 e. The van der Waals surface area contributed by atoms with Crippen molar-refractivity contribution in [3.63, 3.8) is 0 Å². The van der Waals surface area contributed by atoms with Crippen molar-refractivity contribution in [1.29, 1.82) is 0 Å². The largest absolute Gasteiger partial charge is 0.410 e. The van der Waals surface area contributed by atoms with Gasteiger partial charge in [-0.2, -0.15) is 0 Å². The molecule has 0 aromatic heterocycles. The van der Waals surface area contributed by atoms with E-state index < -0.39 is 11.2 Å². The number of nitrogens with zero attached hydrogens (tertiary/aromatic N) is 1. The van der Waals surface area contributed by atoms with E-state index in [1.54, 1.807) is 45.0 Å². The minimum atomic E-state index is -1.06. The predicted octanol–water partition coefficient (Wildman–Crippen LogP) is 2.76. The lowest BCUT2D eigenvalue weighted by molar-refractivity contribution is -0.133. The van der Waals surface area contributed by atoms with Gasteiger partial charge in [0.2, 0.25) is 5.78 Å². The molecule has 0 unspecified atom stereocenters. The average Bonchev–Trinajstić information content (AvgIpc) is 2.47.